The lowest BCUT2D eigenvalue weighted by molar-refractivity contribution is -0.144. The van der Waals surface area contributed by atoms with Gasteiger partial charge in [0.2, 0.25) is 17.7 Å². The molecule has 2 bridgehead atoms. The predicted molar refractivity (Wildman–Crippen MR) is 112 cm³/mol. The SMILES string of the molecule is O=C(Nc1cccc(Cl)c1)C1CCC(N2C(=O)[C@@H]3[C@H]4C=C[C@@H]([C@@H]5C[C@@H]45)[C@@H]3C2=O)CC1. The molecule has 7 rings (SSSR count). The average Bonchev–Trinajstić information content (AvgIpc) is 3.52. The molecule has 3 saturated carbocycles. The van der Waals surface area contributed by atoms with Crippen LogP contribution < -0.4 is 5.32 Å². The Morgan fingerprint density at radius 3 is 2.20 bits per heavy atom. The number of imide groups is 1. The molecule has 0 spiro atoms. The quantitative estimate of drug-likeness (QED) is 0.591. The van der Waals surface area contributed by atoms with E-state index in [4.69, 9.17) is 11.6 Å². The molecule has 6 aliphatic rings. The number of halogens is 1. The molecular weight excluding hydrogens is 400 g/mol. The maximum absolute atomic E-state index is 13.3. The number of nitrogens with zero attached hydrogens (tertiary/aromatic N) is 1. The van der Waals surface area contributed by atoms with Crippen molar-refractivity contribution in [2.45, 2.75) is 38.1 Å². The fourth-order valence-electron chi connectivity index (χ4n) is 6.75. The van der Waals surface area contributed by atoms with Crippen molar-refractivity contribution in [1.29, 1.82) is 0 Å². The van der Waals surface area contributed by atoms with Gasteiger partial charge in [0.05, 0.1) is 11.8 Å². The van der Waals surface area contributed by atoms with Crippen molar-refractivity contribution in [3.63, 3.8) is 0 Å². The van der Waals surface area contributed by atoms with Crippen molar-refractivity contribution in [3.05, 3.63) is 41.4 Å². The second-order valence-corrected chi connectivity index (χ2v) is 10.1. The Bertz CT molecular complexity index is 931. The topological polar surface area (TPSA) is 66.5 Å². The third kappa shape index (κ3) is 2.71. The van der Waals surface area contributed by atoms with Crippen molar-refractivity contribution < 1.29 is 14.4 Å². The van der Waals surface area contributed by atoms with Crippen LogP contribution in [0.1, 0.15) is 32.1 Å². The number of allylic oxidation sites excluding steroid dienone is 2. The van der Waals surface area contributed by atoms with Gasteiger partial charge in [-0.05, 0) is 74.0 Å². The lowest BCUT2D eigenvalue weighted by atomic mass is 9.63. The molecular formula is C24H25ClN2O3. The fraction of sp³-hybridized carbons (Fsp3) is 0.542. The van der Waals surface area contributed by atoms with Gasteiger partial charge in [-0.15, -0.1) is 0 Å². The summed E-state index contributed by atoms with van der Waals surface area (Å²) < 4.78 is 0. The molecule has 5 aliphatic carbocycles. The molecule has 6 atom stereocenters. The number of nitrogens with one attached hydrogen (secondary N) is 1. The van der Waals surface area contributed by atoms with Gasteiger partial charge in [0.25, 0.3) is 0 Å². The maximum atomic E-state index is 13.3. The van der Waals surface area contributed by atoms with E-state index in [1.54, 1.807) is 17.0 Å². The van der Waals surface area contributed by atoms with Gasteiger partial charge in [0.1, 0.15) is 0 Å². The Morgan fingerprint density at radius 2 is 1.60 bits per heavy atom. The summed E-state index contributed by atoms with van der Waals surface area (Å²) in [5, 5.41) is 3.53. The molecule has 5 nitrogen and oxygen atoms in total. The lowest BCUT2D eigenvalue weighted by Gasteiger charge is -2.37. The van der Waals surface area contributed by atoms with Crippen LogP contribution in [-0.2, 0) is 14.4 Å². The van der Waals surface area contributed by atoms with Crippen LogP contribution >= 0.6 is 11.6 Å². The standard InChI is InChI=1S/C24H25ClN2O3/c25-13-2-1-3-14(10-13)26-22(28)12-4-6-15(7-5-12)27-23(29)20-16-8-9-17(19-11-18(16)19)21(20)24(27)30/h1-3,8-10,12,15-21H,4-7,11H2,(H,26,28)/t12?,15?,16-,17-,18-,19-,20-,21+/m0/s1. The highest BCUT2D eigenvalue weighted by atomic mass is 35.5. The number of anilines is 1. The number of carbonyl (C=O) groups excluding carboxylic acids is 3. The van der Waals surface area contributed by atoms with Gasteiger partial charge in [0.15, 0.2) is 0 Å². The Hall–Kier alpha value is -2.14. The van der Waals surface area contributed by atoms with Gasteiger partial charge in [-0.3, -0.25) is 19.3 Å². The molecule has 6 heteroatoms. The molecule has 0 aromatic heterocycles. The Kier molecular flexibility index (Phi) is 4.14. The van der Waals surface area contributed by atoms with Gasteiger partial charge < -0.3 is 5.32 Å². The van der Waals surface area contributed by atoms with Crippen LogP contribution in [0.25, 0.3) is 0 Å². The molecule has 0 unspecified atom stereocenters. The number of likely N-dealkylation sites (tertiary alicyclic amines) is 1. The molecule has 1 aliphatic heterocycles. The summed E-state index contributed by atoms with van der Waals surface area (Å²) in [6, 6.07) is 7.09. The first-order valence-corrected chi connectivity index (χ1v) is 11.5. The zero-order chi connectivity index (χ0) is 20.6. The molecule has 30 heavy (non-hydrogen) atoms. The Morgan fingerprint density at radius 1 is 0.967 bits per heavy atom. The minimum Gasteiger partial charge on any atom is -0.326 e. The highest BCUT2D eigenvalue weighted by molar-refractivity contribution is 6.30. The summed E-state index contributed by atoms with van der Waals surface area (Å²) in [5.74, 6) is 1.56. The average molecular weight is 425 g/mol. The van der Waals surface area contributed by atoms with E-state index in [9.17, 15) is 14.4 Å². The lowest BCUT2D eigenvalue weighted by Crippen LogP contribution is -2.44. The Labute approximate surface area is 180 Å². The van der Waals surface area contributed by atoms with Crippen LogP contribution in [0.15, 0.2) is 36.4 Å². The molecule has 156 valence electrons. The Balaban J connectivity index is 1.12. The summed E-state index contributed by atoms with van der Waals surface area (Å²) in [7, 11) is 0. The van der Waals surface area contributed by atoms with Crippen LogP contribution in [0.2, 0.25) is 5.02 Å². The number of benzene rings is 1. The predicted octanol–water partition coefficient (Wildman–Crippen LogP) is 3.89. The first kappa shape index (κ1) is 18.6. The number of hydrogen-bond acceptors (Lipinski definition) is 3. The van der Waals surface area contributed by atoms with Crippen LogP contribution in [0.3, 0.4) is 0 Å². The number of carbonyl (C=O) groups is 3. The fourth-order valence-corrected chi connectivity index (χ4v) is 6.94. The minimum absolute atomic E-state index is 0.00852. The monoisotopic (exact) mass is 424 g/mol. The molecule has 1 heterocycles. The van der Waals surface area contributed by atoms with Crippen LogP contribution in [0, 0.1) is 41.4 Å². The smallest absolute Gasteiger partial charge is 0.233 e. The number of amides is 3. The highest BCUT2D eigenvalue weighted by Gasteiger charge is 2.67. The van der Waals surface area contributed by atoms with Crippen LogP contribution in [0.5, 0.6) is 0 Å². The van der Waals surface area contributed by atoms with E-state index in [1.165, 1.54) is 6.42 Å². The zero-order valence-corrected chi connectivity index (χ0v) is 17.4. The third-order valence-electron chi connectivity index (χ3n) is 8.22. The van der Waals surface area contributed by atoms with E-state index in [1.807, 2.05) is 12.1 Å². The summed E-state index contributed by atoms with van der Waals surface area (Å²) in [5.41, 5.74) is 0.699. The molecule has 1 aromatic rings. The maximum Gasteiger partial charge on any atom is 0.233 e. The van der Waals surface area contributed by atoms with Gasteiger partial charge >= 0.3 is 0 Å². The largest absolute Gasteiger partial charge is 0.326 e. The van der Waals surface area contributed by atoms with Gasteiger partial charge in [-0.1, -0.05) is 29.8 Å². The minimum atomic E-state index is -0.125. The van der Waals surface area contributed by atoms with E-state index < -0.39 is 0 Å². The summed E-state index contributed by atoms with van der Waals surface area (Å²) in [6.45, 7) is 0. The van der Waals surface area contributed by atoms with E-state index in [0.717, 1.165) is 0 Å². The van der Waals surface area contributed by atoms with Crippen molar-refractivity contribution in [2.75, 3.05) is 5.32 Å². The molecule has 4 fully saturated rings. The van der Waals surface area contributed by atoms with Crippen molar-refractivity contribution >= 4 is 35.0 Å². The highest BCUT2D eigenvalue weighted by Crippen LogP contribution is 2.65. The molecule has 1 saturated heterocycles. The molecule has 1 N–H and O–H groups in total. The van der Waals surface area contributed by atoms with Crippen LogP contribution in [0.4, 0.5) is 5.69 Å². The van der Waals surface area contributed by atoms with Gasteiger partial charge in [-0.25, -0.2) is 0 Å². The van der Waals surface area contributed by atoms with E-state index in [-0.39, 0.29) is 53.4 Å². The van der Waals surface area contributed by atoms with Crippen molar-refractivity contribution in [1.82, 2.24) is 4.90 Å². The van der Waals surface area contributed by atoms with Gasteiger partial charge in [0, 0.05) is 22.7 Å². The van der Waals surface area contributed by atoms with Gasteiger partial charge in [-0.2, -0.15) is 0 Å². The second kappa shape index (κ2) is 6.68. The molecule has 0 radical (unpaired) electrons. The van der Waals surface area contributed by atoms with Crippen LogP contribution in [-0.4, -0.2) is 28.7 Å². The first-order chi connectivity index (χ1) is 14.5. The number of hydrogen-bond donors (Lipinski definition) is 1. The van der Waals surface area contributed by atoms with E-state index >= 15 is 0 Å². The van der Waals surface area contributed by atoms with E-state index in [0.29, 0.717) is 48.2 Å². The second-order valence-electron chi connectivity index (χ2n) is 9.71. The summed E-state index contributed by atoms with van der Waals surface area (Å²) >= 11 is 6.00. The van der Waals surface area contributed by atoms with Crippen molar-refractivity contribution in [2.24, 2.45) is 41.4 Å². The number of rotatable bonds is 3. The van der Waals surface area contributed by atoms with E-state index in [2.05, 4.69) is 17.5 Å². The van der Waals surface area contributed by atoms with Crippen molar-refractivity contribution in [3.8, 4) is 0 Å². The summed E-state index contributed by atoms with van der Waals surface area (Å²) in [6.07, 6.45) is 8.42. The normalized spacial score (nSPS) is 40.9. The molecule has 1 aromatic carbocycles. The molecule has 3 amide bonds. The first-order valence-electron chi connectivity index (χ1n) is 11.1. The zero-order valence-electron chi connectivity index (χ0n) is 16.7. The summed E-state index contributed by atoms with van der Waals surface area (Å²) in [4.78, 5) is 40.8. The third-order valence-corrected chi connectivity index (χ3v) is 8.46.